The highest BCUT2D eigenvalue weighted by atomic mass is 32.1. The predicted molar refractivity (Wildman–Crippen MR) is 123 cm³/mol. The van der Waals surface area contributed by atoms with Gasteiger partial charge in [-0.2, -0.15) is 0 Å². The number of hydrogen-bond acceptors (Lipinski definition) is 7. The van der Waals surface area contributed by atoms with Crippen molar-refractivity contribution >= 4 is 33.3 Å². The van der Waals surface area contributed by atoms with Gasteiger partial charge in [-0.25, -0.2) is 9.97 Å². The minimum atomic E-state index is -0.0837. The zero-order valence-electron chi connectivity index (χ0n) is 18.2. The molecule has 1 N–H and O–H groups in total. The lowest BCUT2D eigenvalue weighted by molar-refractivity contribution is -0.125. The molecule has 1 atom stereocenters. The van der Waals surface area contributed by atoms with Crippen molar-refractivity contribution in [3.63, 3.8) is 0 Å². The van der Waals surface area contributed by atoms with Crippen molar-refractivity contribution in [3.8, 4) is 11.5 Å². The van der Waals surface area contributed by atoms with Crippen LogP contribution in [0.4, 0.5) is 5.82 Å². The van der Waals surface area contributed by atoms with E-state index in [1.54, 1.807) is 31.9 Å². The summed E-state index contributed by atoms with van der Waals surface area (Å²) in [4.78, 5) is 26.5. The third-order valence-electron chi connectivity index (χ3n) is 5.74. The van der Waals surface area contributed by atoms with Crippen LogP contribution in [-0.2, 0) is 17.8 Å². The Bertz CT molecular complexity index is 1070. The summed E-state index contributed by atoms with van der Waals surface area (Å²) in [5.74, 6) is 2.38. The number of nitrogens with zero attached hydrogens (tertiary/aromatic N) is 3. The number of carbonyl (C=O) groups excluding carboxylic acids is 1. The van der Waals surface area contributed by atoms with Crippen LogP contribution in [0.2, 0.25) is 0 Å². The number of aromatic nitrogens is 2. The second-order valence-electron chi connectivity index (χ2n) is 7.66. The second kappa shape index (κ2) is 9.51. The maximum atomic E-state index is 13.0. The minimum Gasteiger partial charge on any atom is -0.497 e. The molecule has 1 fully saturated rings. The molecule has 0 spiro atoms. The van der Waals surface area contributed by atoms with Crippen molar-refractivity contribution in [2.45, 2.75) is 32.7 Å². The highest BCUT2D eigenvalue weighted by Crippen LogP contribution is 2.32. The van der Waals surface area contributed by atoms with Crippen molar-refractivity contribution in [3.05, 3.63) is 41.0 Å². The number of aryl methyl sites for hydroxylation is 1. The van der Waals surface area contributed by atoms with E-state index in [9.17, 15) is 4.79 Å². The van der Waals surface area contributed by atoms with Gasteiger partial charge in [0.15, 0.2) is 0 Å². The van der Waals surface area contributed by atoms with Crippen LogP contribution in [0.1, 0.15) is 30.2 Å². The number of amides is 1. The molecule has 0 bridgehead atoms. The molecule has 3 heterocycles. The zero-order chi connectivity index (χ0) is 21.8. The summed E-state index contributed by atoms with van der Waals surface area (Å²) in [6.07, 6.45) is 4.44. The summed E-state index contributed by atoms with van der Waals surface area (Å²) in [6.45, 7) is 4.11. The van der Waals surface area contributed by atoms with E-state index in [0.29, 0.717) is 13.1 Å². The number of hydrogen-bond donors (Lipinski definition) is 1. The van der Waals surface area contributed by atoms with Crippen molar-refractivity contribution in [1.29, 1.82) is 0 Å². The van der Waals surface area contributed by atoms with Crippen LogP contribution >= 0.6 is 11.3 Å². The van der Waals surface area contributed by atoms with Crippen LogP contribution in [0.15, 0.2) is 30.6 Å². The molecule has 1 saturated heterocycles. The first kappa shape index (κ1) is 21.4. The van der Waals surface area contributed by atoms with Gasteiger partial charge in [-0.3, -0.25) is 4.79 Å². The molecule has 0 radical (unpaired) electrons. The Morgan fingerprint density at radius 2 is 2.13 bits per heavy atom. The number of thiophene rings is 1. The van der Waals surface area contributed by atoms with Crippen LogP contribution in [-0.4, -0.2) is 43.2 Å². The molecule has 0 saturated carbocycles. The Hall–Kier alpha value is -2.87. The fourth-order valence-corrected chi connectivity index (χ4v) is 4.98. The number of piperidine rings is 1. The number of nitrogens with one attached hydrogen (secondary N) is 1. The fraction of sp³-hybridized carbons (Fsp3) is 0.435. The third-order valence-corrected chi connectivity index (χ3v) is 6.93. The van der Waals surface area contributed by atoms with Crippen LogP contribution < -0.4 is 19.7 Å². The van der Waals surface area contributed by atoms with E-state index in [1.807, 2.05) is 18.2 Å². The highest BCUT2D eigenvalue weighted by molar-refractivity contribution is 7.18. The Morgan fingerprint density at radius 1 is 1.26 bits per heavy atom. The number of carbonyl (C=O) groups is 1. The first-order chi connectivity index (χ1) is 15.1. The molecule has 1 aromatic carbocycles. The molecular weight excluding hydrogens is 412 g/mol. The number of rotatable bonds is 7. The van der Waals surface area contributed by atoms with Crippen molar-refractivity contribution < 1.29 is 14.3 Å². The van der Waals surface area contributed by atoms with E-state index in [1.165, 1.54) is 4.88 Å². The number of methoxy groups -OCH3 is 2. The molecule has 4 rings (SSSR count). The van der Waals surface area contributed by atoms with Gasteiger partial charge in [-0.15, -0.1) is 11.3 Å². The minimum absolute atomic E-state index is 0.0550. The number of ether oxygens (including phenoxy) is 2. The lowest BCUT2D eigenvalue weighted by atomic mass is 9.96. The fourth-order valence-electron chi connectivity index (χ4n) is 4.05. The van der Waals surface area contributed by atoms with Gasteiger partial charge in [0.05, 0.1) is 25.5 Å². The van der Waals surface area contributed by atoms with Gasteiger partial charge in [0.2, 0.25) is 5.91 Å². The van der Waals surface area contributed by atoms with Crippen molar-refractivity contribution in [2.24, 2.45) is 5.92 Å². The average Bonchev–Trinajstić information content (AvgIpc) is 3.26. The number of benzene rings is 1. The Balaban J connectivity index is 1.46. The lowest BCUT2D eigenvalue weighted by Crippen LogP contribution is -2.43. The Morgan fingerprint density at radius 3 is 2.90 bits per heavy atom. The summed E-state index contributed by atoms with van der Waals surface area (Å²) in [6, 6.07) is 7.79. The molecule has 31 heavy (non-hydrogen) atoms. The monoisotopic (exact) mass is 440 g/mol. The summed E-state index contributed by atoms with van der Waals surface area (Å²) in [5.41, 5.74) is 0.894. The Kier molecular flexibility index (Phi) is 6.56. The van der Waals surface area contributed by atoms with E-state index in [4.69, 9.17) is 9.47 Å². The van der Waals surface area contributed by atoms with Gasteiger partial charge in [-0.05, 0) is 43.5 Å². The smallest absolute Gasteiger partial charge is 0.225 e. The molecule has 1 aliphatic heterocycles. The van der Waals surface area contributed by atoms with Gasteiger partial charge in [-0.1, -0.05) is 6.92 Å². The standard InChI is InChI=1S/C23H28N4O3S/c1-4-18-11-19-21(25-14-26-23(19)31-18)27-9-5-6-15(13-27)22(28)24-12-16-10-17(29-2)7-8-20(16)30-3/h7-8,10-11,14-15H,4-6,9,12-13H2,1-3H3,(H,24,28)/t15-/m0/s1. The molecule has 8 heteroatoms. The van der Waals surface area contributed by atoms with Gasteiger partial charge in [0.25, 0.3) is 0 Å². The normalized spacial score (nSPS) is 16.4. The summed E-state index contributed by atoms with van der Waals surface area (Å²) in [5, 5.41) is 4.17. The molecular formula is C23H28N4O3S. The molecule has 7 nitrogen and oxygen atoms in total. The predicted octanol–water partition coefficient (Wildman–Crippen LogP) is 3.80. The van der Waals surface area contributed by atoms with Gasteiger partial charge >= 0.3 is 0 Å². The van der Waals surface area contributed by atoms with Gasteiger partial charge < -0.3 is 19.7 Å². The lowest BCUT2D eigenvalue weighted by Gasteiger charge is -2.33. The largest absolute Gasteiger partial charge is 0.497 e. The maximum absolute atomic E-state index is 13.0. The summed E-state index contributed by atoms with van der Waals surface area (Å²) < 4.78 is 10.7. The van der Waals surface area contributed by atoms with E-state index in [2.05, 4.69) is 33.2 Å². The van der Waals surface area contributed by atoms with Crippen molar-refractivity contribution in [2.75, 3.05) is 32.2 Å². The molecule has 0 aliphatic carbocycles. The summed E-state index contributed by atoms with van der Waals surface area (Å²) in [7, 11) is 3.25. The van der Waals surface area contributed by atoms with E-state index in [-0.39, 0.29) is 11.8 Å². The summed E-state index contributed by atoms with van der Waals surface area (Å²) >= 11 is 1.72. The van der Waals surface area contributed by atoms with E-state index in [0.717, 1.165) is 58.9 Å². The molecule has 3 aromatic rings. The van der Waals surface area contributed by atoms with Gasteiger partial charge in [0.1, 0.15) is 28.5 Å². The van der Waals surface area contributed by atoms with Crippen LogP contribution in [0.25, 0.3) is 10.2 Å². The molecule has 1 aliphatic rings. The van der Waals surface area contributed by atoms with Crippen LogP contribution in [0.5, 0.6) is 11.5 Å². The second-order valence-corrected chi connectivity index (χ2v) is 8.78. The third kappa shape index (κ3) is 4.58. The quantitative estimate of drug-likeness (QED) is 0.602. The number of fused-ring (bicyclic) bond motifs is 1. The first-order valence-electron chi connectivity index (χ1n) is 10.6. The Labute approximate surface area is 186 Å². The van der Waals surface area contributed by atoms with Gasteiger partial charge in [0, 0.05) is 30.1 Å². The molecule has 1 amide bonds. The van der Waals surface area contributed by atoms with Crippen molar-refractivity contribution in [1.82, 2.24) is 15.3 Å². The molecule has 0 unspecified atom stereocenters. The SMILES string of the molecule is CCc1cc2c(N3CCC[C@H](C(=O)NCc4cc(OC)ccc4OC)C3)ncnc2s1. The average molecular weight is 441 g/mol. The van der Waals surface area contributed by atoms with Crippen LogP contribution in [0, 0.1) is 5.92 Å². The molecule has 2 aromatic heterocycles. The highest BCUT2D eigenvalue weighted by Gasteiger charge is 2.28. The van der Waals surface area contributed by atoms with Crippen LogP contribution in [0.3, 0.4) is 0 Å². The van der Waals surface area contributed by atoms with E-state index >= 15 is 0 Å². The topological polar surface area (TPSA) is 76.6 Å². The molecule has 164 valence electrons. The maximum Gasteiger partial charge on any atom is 0.225 e. The first-order valence-corrected chi connectivity index (χ1v) is 11.4. The number of anilines is 1. The zero-order valence-corrected chi connectivity index (χ0v) is 19.0. The van der Waals surface area contributed by atoms with E-state index < -0.39 is 0 Å².